The van der Waals surface area contributed by atoms with Gasteiger partial charge < -0.3 is 14.8 Å². The van der Waals surface area contributed by atoms with Crippen LogP contribution >= 0.6 is 0 Å². The zero-order chi connectivity index (χ0) is 14.7. The molecule has 0 saturated carbocycles. The highest BCUT2D eigenvalue weighted by molar-refractivity contribution is 5.54. The van der Waals surface area contributed by atoms with E-state index < -0.39 is 0 Å². The number of pyridine rings is 1. The molecule has 110 valence electrons. The van der Waals surface area contributed by atoms with E-state index in [1.165, 1.54) is 16.7 Å². The largest absolute Gasteiger partial charge is 0.493 e. The topological polar surface area (TPSA) is 43.4 Å². The molecule has 0 bridgehead atoms. The average Bonchev–Trinajstić information content (AvgIpc) is 2.55. The maximum Gasteiger partial charge on any atom is 0.164 e. The third-order valence-corrected chi connectivity index (χ3v) is 3.84. The Bertz CT molecular complexity index is 614. The van der Waals surface area contributed by atoms with Gasteiger partial charge >= 0.3 is 0 Å². The lowest BCUT2D eigenvalue weighted by Gasteiger charge is -2.29. The number of aromatic nitrogens is 1. The Hall–Kier alpha value is -2.07. The van der Waals surface area contributed by atoms with Crippen molar-refractivity contribution < 1.29 is 9.47 Å². The van der Waals surface area contributed by atoms with Crippen LogP contribution in [0.1, 0.15) is 29.7 Å². The van der Waals surface area contributed by atoms with Gasteiger partial charge in [0.05, 0.1) is 19.8 Å². The van der Waals surface area contributed by atoms with Gasteiger partial charge in [-0.15, -0.1) is 0 Å². The van der Waals surface area contributed by atoms with E-state index in [0.29, 0.717) is 6.61 Å². The number of hydrogen-bond acceptors (Lipinski definition) is 4. The van der Waals surface area contributed by atoms with Crippen LogP contribution in [0.5, 0.6) is 11.5 Å². The zero-order valence-corrected chi connectivity index (χ0v) is 12.4. The van der Waals surface area contributed by atoms with Crippen molar-refractivity contribution >= 4 is 0 Å². The molecule has 1 aromatic carbocycles. The number of fused-ring (bicyclic) bond motifs is 1. The van der Waals surface area contributed by atoms with Crippen LogP contribution in [-0.2, 0) is 6.42 Å². The van der Waals surface area contributed by atoms with Gasteiger partial charge in [-0.2, -0.15) is 0 Å². The molecule has 0 aliphatic carbocycles. The minimum Gasteiger partial charge on any atom is -0.493 e. The van der Waals surface area contributed by atoms with Crippen LogP contribution in [0.3, 0.4) is 0 Å². The number of methoxy groups -OCH3 is 1. The first kappa shape index (κ1) is 13.9. The van der Waals surface area contributed by atoms with Gasteiger partial charge in [-0.25, -0.2) is 0 Å². The van der Waals surface area contributed by atoms with Gasteiger partial charge in [0, 0.05) is 24.5 Å². The minimum absolute atomic E-state index is 0.182. The maximum absolute atomic E-state index is 5.85. The molecule has 1 N–H and O–H groups in total. The molecular weight excluding hydrogens is 264 g/mol. The van der Waals surface area contributed by atoms with Crippen LogP contribution in [0, 0.1) is 0 Å². The Morgan fingerprint density at radius 2 is 2.05 bits per heavy atom. The van der Waals surface area contributed by atoms with Crippen molar-refractivity contribution in [2.24, 2.45) is 0 Å². The van der Waals surface area contributed by atoms with Gasteiger partial charge in [-0.3, -0.25) is 4.98 Å². The van der Waals surface area contributed by atoms with Crippen molar-refractivity contribution in [1.29, 1.82) is 0 Å². The Balaban J connectivity index is 2.08. The van der Waals surface area contributed by atoms with Gasteiger partial charge in [-0.1, -0.05) is 6.07 Å². The van der Waals surface area contributed by atoms with Crippen LogP contribution in [-0.4, -0.2) is 25.2 Å². The fraction of sp³-hybridized carbons (Fsp3) is 0.353. The van der Waals surface area contributed by atoms with E-state index in [0.717, 1.165) is 24.5 Å². The number of ether oxygens (including phenoxy) is 2. The van der Waals surface area contributed by atoms with Gasteiger partial charge in [0.15, 0.2) is 11.5 Å². The lowest BCUT2D eigenvalue weighted by Crippen LogP contribution is -2.31. The van der Waals surface area contributed by atoms with Crippen molar-refractivity contribution in [3.63, 3.8) is 0 Å². The van der Waals surface area contributed by atoms with Crippen molar-refractivity contribution in [3.8, 4) is 11.5 Å². The second kappa shape index (κ2) is 6.14. The summed E-state index contributed by atoms with van der Waals surface area (Å²) >= 11 is 0. The molecule has 0 fully saturated rings. The molecular formula is C17H20N2O2. The van der Waals surface area contributed by atoms with Crippen LogP contribution in [0.4, 0.5) is 0 Å². The van der Waals surface area contributed by atoms with E-state index in [9.17, 15) is 0 Å². The average molecular weight is 284 g/mol. The molecule has 4 nitrogen and oxygen atoms in total. The molecule has 2 heterocycles. The normalized spacial score (nSPS) is 17.1. The van der Waals surface area contributed by atoms with Crippen molar-refractivity contribution in [2.75, 3.05) is 20.3 Å². The van der Waals surface area contributed by atoms with E-state index in [-0.39, 0.29) is 6.04 Å². The van der Waals surface area contributed by atoms with Gasteiger partial charge in [0.25, 0.3) is 0 Å². The Labute approximate surface area is 125 Å². The molecule has 1 unspecified atom stereocenters. The SMILES string of the molecule is CCOc1c(OC)ccc2c1CCNC2c1ccncc1. The van der Waals surface area contributed by atoms with Crippen molar-refractivity contribution in [2.45, 2.75) is 19.4 Å². The Kier molecular flexibility index (Phi) is 4.06. The molecule has 0 spiro atoms. The molecule has 0 amide bonds. The molecule has 1 aromatic heterocycles. The summed E-state index contributed by atoms with van der Waals surface area (Å²) in [4.78, 5) is 4.10. The summed E-state index contributed by atoms with van der Waals surface area (Å²) in [6.07, 6.45) is 4.61. The maximum atomic E-state index is 5.85. The molecule has 1 aliphatic heterocycles. The quantitative estimate of drug-likeness (QED) is 0.937. The molecule has 1 aliphatic rings. The number of benzene rings is 1. The van der Waals surface area contributed by atoms with E-state index in [1.807, 2.05) is 25.4 Å². The number of hydrogen-bond donors (Lipinski definition) is 1. The summed E-state index contributed by atoms with van der Waals surface area (Å²) in [7, 11) is 1.69. The Morgan fingerprint density at radius 1 is 1.24 bits per heavy atom. The van der Waals surface area contributed by atoms with Gasteiger partial charge in [-0.05, 0) is 42.7 Å². The first-order chi connectivity index (χ1) is 10.3. The van der Waals surface area contributed by atoms with Crippen LogP contribution in [0.2, 0.25) is 0 Å². The molecule has 21 heavy (non-hydrogen) atoms. The van der Waals surface area contributed by atoms with Crippen molar-refractivity contribution in [1.82, 2.24) is 10.3 Å². The number of nitrogens with one attached hydrogen (secondary N) is 1. The highest BCUT2D eigenvalue weighted by Gasteiger charge is 2.25. The molecule has 1 atom stereocenters. The smallest absolute Gasteiger partial charge is 0.164 e. The van der Waals surface area contributed by atoms with Gasteiger partial charge in [0.2, 0.25) is 0 Å². The van der Waals surface area contributed by atoms with E-state index in [2.05, 4.69) is 28.5 Å². The second-order valence-corrected chi connectivity index (χ2v) is 5.02. The monoisotopic (exact) mass is 284 g/mol. The molecule has 2 aromatic rings. The summed E-state index contributed by atoms with van der Waals surface area (Å²) in [5.41, 5.74) is 3.73. The summed E-state index contributed by atoms with van der Waals surface area (Å²) in [6, 6.07) is 8.41. The van der Waals surface area contributed by atoms with E-state index in [4.69, 9.17) is 9.47 Å². The lowest BCUT2D eigenvalue weighted by atomic mass is 9.89. The Morgan fingerprint density at radius 3 is 2.76 bits per heavy atom. The summed E-state index contributed by atoms with van der Waals surface area (Å²) < 4.78 is 11.3. The van der Waals surface area contributed by atoms with E-state index in [1.54, 1.807) is 7.11 Å². The molecule has 0 saturated heterocycles. The summed E-state index contributed by atoms with van der Waals surface area (Å²) in [5.74, 6) is 1.70. The van der Waals surface area contributed by atoms with Crippen LogP contribution < -0.4 is 14.8 Å². The third-order valence-electron chi connectivity index (χ3n) is 3.84. The zero-order valence-electron chi connectivity index (χ0n) is 12.4. The molecule has 4 heteroatoms. The first-order valence-corrected chi connectivity index (χ1v) is 7.31. The first-order valence-electron chi connectivity index (χ1n) is 7.31. The third kappa shape index (κ3) is 2.59. The molecule has 3 rings (SSSR count). The number of rotatable bonds is 4. The van der Waals surface area contributed by atoms with Crippen LogP contribution in [0.15, 0.2) is 36.7 Å². The fourth-order valence-electron chi connectivity index (χ4n) is 2.92. The standard InChI is InChI=1S/C17H20N2O2/c1-3-21-17-14-8-11-19-16(12-6-9-18-10-7-12)13(14)4-5-15(17)20-2/h4-7,9-10,16,19H,3,8,11H2,1-2H3. The number of nitrogens with zero attached hydrogens (tertiary/aromatic N) is 1. The highest BCUT2D eigenvalue weighted by Crippen LogP contribution is 2.39. The summed E-state index contributed by atoms with van der Waals surface area (Å²) in [5, 5.41) is 3.57. The summed E-state index contributed by atoms with van der Waals surface area (Å²) in [6.45, 7) is 3.56. The predicted molar refractivity (Wildman–Crippen MR) is 81.9 cm³/mol. The van der Waals surface area contributed by atoms with Crippen LogP contribution in [0.25, 0.3) is 0 Å². The highest BCUT2D eigenvalue weighted by atomic mass is 16.5. The minimum atomic E-state index is 0.182. The van der Waals surface area contributed by atoms with E-state index >= 15 is 0 Å². The fourth-order valence-corrected chi connectivity index (χ4v) is 2.92. The second-order valence-electron chi connectivity index (χ2n) is 5.02. The predicted octanol–water partition coefficient (Wildman–Crippen LogP) is 2.72. The molecule has 0 radical (unpaired) electrons. The lowest BCUT2D eigenvalue weighted by molar-refractivity contribution is 0.305. The van der Waals surface area contributed by atoms with Crippen molar-refractivity contribution in [3.05, 3.63) is 53.3 Å². The van der Waals surface area contributed by atoms with Gasteiger partial charge in [0.1, 0.15) is 0 Å².